The van der Waals surface area contributed by atoms with Gasteiger partial charge in [-0.2, -0.15) is 0 Å². The molecule has 1 N–H and O–H groups in total. The number of pyridine rings is 1. The van der Waals surface area contributed by atoms with E-state index in [4.69, 9.17) is 0 Å². The molecule has 0 amide bonds. The number of hydrogen-bond acceptors (Lipinski definition) is 4. The average Bonchev–Trinajstić information content (AvgIpc) is 2.47. The molecule has 1 aromatic heterocycles. The Morgan fingerprint density at radius 1 is 1.30 bits per heavy atom. The summed E-state index contributed by atoms with van der Waals surface area (Å²) in [5, 5.41) is 3.31. The van der Waals surface area contributed by atoms with Crippen molar-refractivity contribution in [2.24, 2.45) is 0 Å². The van der Waals surface area contributed by atoms with Gasteiger partial charge in [-0.25, -0.2) is 4.98 Å². The molecule has 0 saturated carbocycles. The molecule has 0 bridgehead atoms. The first-order valence-electron chi connectivity index (χ1n) is 7.88. The van der Waals surface area contributed by atoms with Crippen LogP contribution < -0.4 is 5.32 Å². The van der Waals surface area contributed by atoms with Crippen LogP contribution in [0.25, 0.3) is 0 Å². The largest absolute Gasteiger partial charge is 0.370 e. The van der Waals surface area contributed by atoms with Crippen molar-refractivity contribution in [3.8, 4) is 0 Å². The molecule has 1 atom stereocenters. The summed E-state index contributed by atoms with van der Waals surface area (Å²) in [6, 6.07) is 4.95. The lowest BCUT2D eigenvalue weighted by molar-refractivity contribution is 0.0834. The van der Waals surface area contributed by atoms with Crippen molar-refractivity contribution in [2.75, 3.05) is 38.0 Å². The standard InChI is InChI=1S/C16H28N4/c1-4-8-17-16-7-6-15(11-18-16)13-19-9-10-20(5-2)14(3)12-19/h6-7,11,14H,4-5,8-10,12-13H2,1-3H3,(H,17,18). The third-order valence-corrected chi connectivity index (χ3v) is 4.04. The first-order valence-corrected chi connectivity index (χ1v) is 7.88. The maximum Gasteiger partial charge on any atom is 0.125 e. The van der Waals surface area contributed by atoms with Gasteiger partial charge in [0.05, 0.1) is 0 Å². The topological polar surface area (TPSA) is 31.4 Å². The quantitative estimate of drug-likeness (QED) is 0.864. The highest BCUT2D eigenvalue weighted by Crippen LogP contribution is 2.13. The maximum absolute atomic E-state index is 4.48. The summed E-state index contributed by atoms with van der Waals surface area (Å²) in [5.41, 5.74) is 1.31. The predicted octanol–water partition coefficient (Wildman–Crippen LogP) is 2.43. The van der Waals surface area contributed by atoms with E-state index >= 15 is 0 Å². The van der Waals surface area contributed by atoms with E-state index < -0.39 is 0 Å². The van der Waals surface area contributed by atoms with Gasteiger partial charge in [0.25, 0.3) is 0 Å². The highest BCUT2D eigenvalue weighted by molar-refractivity contribution is 5.35. The highest BCUT2D eigenvalue weighted by Gasteiger charge is 2.22. The lowest BCUT2D eigenvalue weighted by Crippen LogP contribution is -2.51. The van der Waals surface area contributed by atoms with Crippen molar-refractivity contribution < 1.29 is 0 Å². The normalized spacial score (nSPS) is 21.1. The van der Waals surface area contributed by atoms with E-state index in [1.165, 1.54) is 12.1 Å². The van der Waals surface area contributed by atoms with E-state index in [0.717, 1.165) is 45.0 Å². The smallest absolute Gasteiger partial charge is 0.125 e. The predicted molar refractivity (Wildman–Crippen MR) is 85.0 cm³/mol. The summed E-state index contributed by atoms with van der Waals surface area (Å²) < 4.78 is 0. The van der Waals surface area contributed by atoms with Crippen LogP contribution in [-0.4, -0.2) is 53.5 Å². The lowest BCUT2D eigenvalue weighted by Gasteiger charge is -2.39. The fourth-order valence-corrected chi connectivity index (χ4v) is 2.82. The number of nitrogens with zero attached hydrogens (tertiary/aromatic N) is 3. The number of aromatic nitrogens is 1. The molecule has 1 unspecified atom stereocenters. The molecule has 2 heterocycles. The minimum absolute atomic E-state index is 0.659. The SMILES string of the molecule is CCCNc1ccc(CN2CCN(CC)C(C)C2)cn1. The summed E-state index contributed by atoms with van der Waals surface area (Å²) in [7, 11) is 0. The number of piperazine rings is 1. The van der Waals surface area contributed by atoms with Crippen LogP contribution >= 0.6 is 0 Å². The van der Waals surface area contributed by atoms with Crippen molar-refractivity contribution in [1.29, 1.82) is 0 Å². The summed E-state index contributed by atoms with van der Waals surface area (Å²) in [6.45, 7) is 13.4. The second-order valence-corrected chi connectivity index (χ2v) is 5.69. The Bertz CT molecular complexity index is 390. The monoisotopic (exact) mass is 276 g/mol. The van der Waals surface area contributed by atoms with E-state index in [1.807, 2.05) is 6.20 Å². The third kappa shape index (κ3) is 4.18. The first-order chi connectivity index (χ1) is 9.72. The van der Waals surface area contributed by atoms with Gasteiger partial charge >= 0.3 is 0 Å². The van der Waals surface area contributed by atoms with Gasteiger partial charge in [-0.3, -0.25) is 9.80 Å². The van der Waals surface area contributed by atoms with E-state index in [0.29, 0.717) is 6.04 Å². The molecule has 1 aliphatic rings. The zero-order chi connectivity index (χ0) is 14.4. The maximum atomic E-state index is 4.48. The Morgan fingerprint density at radius 2 is 2.15 bits per heavy atom. The molecule has 0 spiro atoms. The van der Waals surface area contributed by atoms with Crippen LogP contribution in [0.15, 0.2) is 18.3 Å². The molecule has 20 heavy (non-hydrogen) atoms. The van der Waals surface area contributed by atoms with Crippen molar-refractivity contribution in [3.05, 3.63) is 23.9 Å². The summed E-state index contributed by atoms with van der Waals surface area (Å²) in [5.74, 6) is 0.986. The number of anilines is 1. The molecular weight excluding hydrogens is 248 g/mol. The van der Waals surface area contributed by atoms with Gasteiger partial charge in [-0.15, -0.1) is 0 Å². The average molecular weight is 276 g/mol. The molecule has 0 aliphatic carbocycles. The molecule has 1 aromatic rings. The van der Waals surface area contributed by atoms with Crippen LogP contribution in [-0.2, 0) is 6.54 Å². The van der Waals surface area contributed by atoms with Gasteiger partial charge in [-0.1, -0.05) is 19.9 Å². The first kappa shape index (κ1) is 15.3. The zero-order valence-corrected chi connectivity index (χ0v) is 13.1. The lowest BCUT2D eigenvalue weighted by atomic mass is 10.1. The summed E-state index contributed by atoms with van der Waals surface area (Å²) in [4.78, 5) is 9.57. The van der Waals surface area contributed by atoms with Crippen LogP contribution in [0.5, 0.6) is 0 Å². The van der Waals surface area contributed by atoms with Gasteiger partial charge < -0.3 is 5.32 Å². The molecule has 0 aromatic carbocycles. The molecule has 1 fully saturated rings. The van der Waals surface area contributed by atoms with Crippen LogP contribution in [0.4, 0.5) is 5.82 Å². The second-order valence-electron chi connectivity index (χ2n) is 5.69. The van der Waals surface area contributed by atoms with Crippen LogP contribution in [0.2, 0.25) is 0 Å². The Kier molecular flexibility index (Phi) is 5.80. The van der Waals surface area contributed by atoms with Gasteiger partial charge in [0.15, 0.2) is 0 Å². The Morgan fingerprint density at radius 3 is 2.75 bits per heavy atom. The molecule has 2 rings (SSSR count). The molecular formula is C16H28N4. The van der Waals surface area contributed by atoms with E-state index in [9.17, 15) is 0 Å². The zero-order valence-electron chi connectivity index (χ0n) is 13.1. The number of rotatable bonds is 6. The van der Waals surface area contributed by atoms with Gasteiger partial charge in [0, 0.05) is 45.0 Å². The number of likely N-dealkylation sites (N-methyl/N-ethyl adjacent to an activating group) is 1. The highest BCUT2D eigenvalue weighted by atomic mass is 15.3. The molecule has 112 valence electrons. The van der Waals surface area contributed by atoms with Crippen molar-refractivity contribution >= 4 is 5.82 Å². The van der Waals surface area contributed by atoms with Gasteiger partial charge in [0.2, 0.25) is 0 Å². The molecule has 4 heteroatoms. The van der Waals surface area contributed by atoms with Crippen molar-refractivity contribution in [1.82, 2.24) is 14.8 Å². The molecule has 1 saturated heterocycles. The minimum Gasteiger partial charge on any atom is -0.370 e. The van der Waals surface area contributed by atoms with Gasteiger partial charge in [-0.05, 0) is 31.5 Å². The molecule has 4 nitrogen and oxygen atoms in total. The third-order valence-electron chi connectivity index (χ3n) is 4.04. The Hall–Kier alpha value is -1.13. The summed E-state index contributed by atoms with van der Waals surface area (Å²) in [6.07, 6.45) is 3.14. The van der Waals surface area contributed by atoms with Crippen LogP contribution in [0, 0.1) is 0 Å². The molecule has 1 aliphatic heterocycles. The second kappa shape index (κ2) is 7.60. The summed E-state index contributed by atoms with van der Waals surface area (Å²) >= 11 is 0. The van der Waals surface area contributed by atoms with Crippen LogP contribution in [0.3, 0.4) is 0 Å². The fourth-order valence-electron chi connectivity index (χ4n) is 2.82. The molecule has 0 radical (unpaired) electrons. The Labute approximate surface area is 123 Å². The van der Waals surface area contributed by atoms with Crippen molar-refractivity contribution in [3.63, 3.8) is 0 Å². The Balaban J connectivity index is 1.84. The van der Waals surface area contributed by atoms with Gasteiger partial charge in [0.1, 0.15) is 5.82 Å². The van der Waals surface area contributed by atoms with E-state index in [1.54, 1.807) is 0 Å². The van der Waals surface area contributed by atoms with E-state index in [2.05, 4.69) is 53.0 Å². The van der Waals surface area contributed by atoms with Crippen molar-refractivity contribution in [2.45, 2.75) is 39.8 Å². The van der Waals surface area contributed by atoms with Crippen LogP contribution in [0.1, 0.15) is 32.8 Å². The number of nitrogens with one attached hydrogen (secondary N) is 1. The fraction of sp³-hybridized carbons (Fsp3) is 0.688. The van der Waals surface area contributed by atoms with E-state index in [-0.39, 0.29) is 0 Å². The minimum atomic E-state index is 0.659. The number of hydrogen-bond donors (Lipinski definition) is 1.